The molecule has 0 saturated carbocycles. The SMILES string of the molecule is Cc1ccc(CCc2nnc(CCNC(C)(C)C)o2)cc1. The third kappa shape index (κ3) is 5.68. The molecule has 2 rings (SSSR count). The molecule has 1 heterocycles. The van der Waals surface area contributed by atoms with E-state index in [9.17, 15) is 0 Å². The fraction of sp³-hybridized carbons (Fsp3) is 0.529. The second kappa shape index (κ2) is 6.85. The summed E-state index contributed by atoms with van der Waals surface area (Å²) in [6, 6.07) is 8.57. The minimum Gasteiger partial charge on any atom is -0.425 e. The van der Waals surface area contributed by atoms with Crippen LogP contribution in [0.1, 0.15) is 43.7 Å². The fourth-order valence-electron chi connectivity index (χ4n) is 2.04. The summed E-state index contributed by atoms with van der Waals surface area (Å²) in [6.07, 6.45) is 2.50. The molecule has 0 bridgehead atoms. The summed E-state index contributed by atoms with van der Waals surface area (Å²) in [5.41, 5.74) is 2.70. The number of benzene rings is 1. The normalized spacial score (nSPS) is 11.8. The van der Waals surface area contributed by atoms with E-state index in [4.69, 9.17) is 4.42 Å². The van der Waals surface area contributed by atoms with E-state index < -0.39 is 0 Å². The lowest BCUT2D eigenvalue weighted by Crippen LogP contribution is -2.37. The molecule has 0 aliphatic carbocycles. The first-order valence-electron chi connectivity index (χ1n) is 7.54. The van der Waals surface area contributed by atoms with Crippen LogP contribution in [0.25, 0.3) is 0 Å². The van der Waals surface area contributed by atoms with Gasteiger partial charge in [0.15, 0.2) is 0 Å². The van der Waals surface area contributed by atoms with Crippen LogP contribution in [0.3, 0.4) is 0 Å². The van der Waals surface area contributed by atoms with Gasteiger partial charge in [0.25, 0.3) is 0 Å². The molecule has 114 valence electrons. The van der Waals surface area contributed by atoms with Crippen molar-refractivity contribution in [3.8, 4) is 0 Å². The highest BCUT2D eigenvalue weighted by atomic mass is 16.4. The third-order valence-corrected chi connectivity index (χ3v) is 3.25. The number of nitrogens with one attached hydrogen (secondary N) is 1. The lowest BCUT2D eigenvalue weighted by atomic mass is 10.1. The molecular formula is C17H25N3O. The van der Waals surface area contributed by atoms with E-state index in [0.717, 1.165) is 31.7 Å². The smallest absolute Gasteiger partial charge is 0.217 e. The highest BCUT2D eigenvalue weighted by Crippen LogP contribution is 2.09. The van der Waals surface area contributed by atoms with Crippen LogP contribution < -0.4 is 5.32 Å². The first-order valence-corrected chi connectivity index (χ1v) is 7.54. The maximum absolute atomic E-state index is 5.68. The molecule has 0 saturated heterocycles. The van der Waals surface area contributed by atoms with Crippen LogP contribution in [0.5, 0.6) is 0 Å². The zero-order valence-electron chi connectivity index (χ0n) is 13.4. The molecule has 2 aromatic rings. The van der Waals surface area contributed by atoms with Gasteiger partial charge in [-0.25, -0.2) is 0 Å². The topological polar surface area (TPSA) is 51.0 Å². The van der Waals surface area contributed by atoms with Gasteiger partial charge in [-0.3, -0.25) is 0 Å². The maximum atomic E-state index is 5.68. The zero-order chi connectivity index (χ0) is 15.3. The van der Waals surface area contributed by atoms with Gasteiger partial charge < -0.3 is 9.73 Å². The standard InChI is InChI=1S/C17H25N3O/c1-13-5-7-14(8-6-13)9-10-15-19-20-16(21-15)11-12-18-17(2,3)4/h5-8,18H,9-12H2,1-4H3. The summed E-state index contributed by atoms with van der Waals surface area (Å²) in [6.45, 7) is 9.39. The highest BCUT2D eigenvalue weighted by Gasteiger charge is 2.10. The molecule has 0 aliphatic heterocycles. The Bertz CT molecular complexity index is 552. The summed E-state index contributed by atoms with van der Waals surface area (Å²) in [4.78, 5) is 0. The minimum absolute atomic E-state index is 0.119. The van der Waals surface area contributed by atoms with E-state index >= 15 is 0 Å². The summed E-state index contributed by atoms with van der Waals surface area (Å²) in [5.74, 6) is 1.44. The molecule has 4 nitrogen and oxygen atoms in total. The number of rotatable bonds is 6. The van der Waals surface area contributed by atoms with E-state index in [1.54, 1.807) is 0 Å². The Kier molecular flexibility index (Phi) is 5.12. The van der Waals surface area contributed by atoms with E-state index in [1.807, 2.05) is 0 Å². The molecule has 0 unspecified atom stereocenters. The molecule has 4 heteroatoms. The monoisotopic (exact) mass is 287 g/mol. The predicted molar refractivity (Wildman–Crippen MR) is 84.3 cm³/mol. The van der Waals surface area contributed by atoms with E-state index in [1.165, 1.54) is 11.1 Å². The summed E-state index contributed by atoms with van der Waals surface area (Å²) < 4.78 is 5.68. The van der Waals surface area contributed by atoms with Crippen LogP contribution in [-0.4, -0.2) is 22.3 Å². The van der Waals surface area contributed by atoms with Gasteiger partial charge in [0.1, 0.15) is 0 Å². The van der Waals surface area contributed by atoms with Crippen LogP contribution in [0.15, 0.2) is 28.7 Å². The van der Waals surface area contributed by atoms with Gasteiger partial charge in [-0.05, 0) is 39.7 Å². The molecular weight excluding hydrogens is 262 g/mol. The Hall–Kier alpha value is -1.68. The summed E-state index contributed by atoms with van der Waals surface area (Å²) >= 11 is 0. The van der Waals surface area contributed by atoms with Gasteiger partial charge in [-0.1, -0.05) is 29.8 Å². The number of hydrogen-bond donors (Lipinski definition) is 1. The Morgan fingerprint density at radius 3 is 2.19 bits per heavy atom. The second-order valence-electron chi connectivity index (χ2n) is 6.50. The van der Waals surface area contributed by atoms with Crippen LogP contribution >= 0.6 is 0 Å². The maximum Gasteiger partial charge on any atom is 0.217 e. The number of aromatic nitrogens is 2. The van der Waals surface area contributed by atoms with Crippen molar-refractivity contribution in [3.05, 3.63) is 47.2 Å². The molecule has 0 atom stereocenters. The molecule has 0 radical (unpaired) electrons. The Morgan fingerprint density at radius 1 is 0.952 bits per heavy atom. The summed E-state index contributed by atoms with van der Waals surface area (Å²) in [5, 5.41) is 11.6. The minimum atomic E-state index is 0.119. The highest BCUT2D eigenvalue weighted by molar-refractivity contribution is 5.21. The molecule has 0 spiro atoms. The van der Waals surface area contributed by atoms with Gasteiger partial charge in [0, 0.05) is 24.9 Å². The first-order chi connectivity index (χ1) is 9.92. The van der Waals surface area contributed by atoms with E-state index in [-0.39, 0.29) is 5.54 Å². The molecule has 0 amide bonds. The van der Waals surface area contributed by atoms with Crippen molar-refractivity contribution in [2.45, 2.75) is 52.5 Å². The van der Waals surface area contributed by atoms with Crippen LogP contribution in [-0.2, 0) is 19.3 Å². The number of aryl methyl sites for hydroxylation is 3. The van der Waals surface area contributed by atoms with Gasteiger partial charge in [0.05, 0.1) is 0 Å². The quantitative estimate of drug-likeness (QED) is 0.887. The van der Waals surface area contributed by atoms with Gasteiger partial charge in [-0.2, -0.15) is 0 Å². The average Bonchev–Trinajstić information content (AvgIpc) is 2.85. The lowest BCUT2D eigenvalue weighted by Gasteiger charge is -2.19. The van der Waals surface area contributed by atoms with Gasteiger partial charge in [-0.15, -0.1) is 10.2 Å². The molecule has 1 aromatic heterocycles. The van der Waals surface area contributed by atoms with Crippen LogP contribution in [0, 0.1) is 6.92 Å². The largest absolute Gasteiger partial charge is 0.425 e. The van der Waals surface area contributed by atoms with E-state index in [2.05, 4.69) is 67.5 Å². The van der Waals surface area contributed by atoms with Crippen molar-refractivity contribution < 1.29 is 4.42 Å². The van der Waals surface area contributed by atoms with Crippen molar-refractivity contribution >= 4 is 0 Å². The Labute approximate surface area is 127 Å². The summed E-state index contributed by atoms with van der Waals surface area (Å²) in [7, 11) is 0. The molecule has 1 N–H and O–H groups in total. The average molecular weight is 287 g/mol. The molecule has 0 aliphatic rings. The van der Waals surface area contributed by atoms with Gasteiger partial charge >= 0.3 is 0 Å². The second-order valence-corrected chi connectivity index (χ2v) is 6.50. The van der Waals surface area contributed by atoms with Crippen molar-refractivity contribution in [2.24, 2.45) is 0 Å². The Balaban J connectivity index is 1.79. The van der Waals surface area contributed by atoms with Crippen molar-refractivity contribution in [3.63, 3.8) is 0 Å². The zero-order valence-corrected chi connectivity index (χ0v) is 13.4. The van der Waals surface area contributed by atoms with E-state index in [0.29, 0.717) is 5.89 Å². The predicted octanol–water partition coefficient (Wildman–Crippen LogP) is 3.09. The number of hydrogen-bond acceptors (Lipinski definition) is 4. The van der Waals surface area contributed by atoms with Crippen molar-refractivity contribution in [1.29, 1.82) is 0 Å². The van der Waals surface area contributed by atoms with Crippen LogP contribution in [0.4, 0.5) is 0 Å². The van der Waals surface area contributed by atoms with Crippen molar-refractivity contribution in [1.82, 2.24) is 15.5 Å². The first kappa shape index (κ1) is 15.7. The molecule has 0 fully saturated rings. The van der Waals surface area contributed by atoms with Crippen LogP contribution in [0.2, 0.25) is 0 Å². The number of nitrogens with zero attached hydrogens (tertiary/aromatic N) is 2. The molecule has 1 aromatic carbocycles. The lowest BCUT2D eigenvalue weighted by molar-refractivity contribution is 0.401. The van der Waals surface area contributed by atoms with Gasteiger partial charge in [0.2, 0.25) is 11.8 Å². The third-order valence-electron chi connectivity index (χ3n) is 3.25. The molecule has 21 heavy (non-hydrogen) atoms. The van der Waals surface area contributed by atoms with Crippen molar-refractivity contribution in [2.75, 3.05) is 6.54 Å². The Morgan fingerprint density at radius 2 is 1.57 bits per heavy atom. The fourth-order valence-corrected chi connectivity index (χ4v) is 2.04.